The number of rotatable bonds is 3. The van der Waals surface area contributed by atoms with Gasteiger partial charge in [0.2, 0.25) is 5.91 Å². The van der Waals surface area contributed by atoms with Crippen molar-refractivity contribution in [1.29, 1.82) is 0 Å². The van der Waals surface area contributed by atoms with Crippen LogP contribution in [0.5, 0.6) is 0 Å². The molecule has 0 aromatic heterocycles. The zero-order valence-electron chi connectivity index (χ0n) is 9.29. The molecule has 0 radical (unpaired) electrons. The molecule has 4 nitrogen and oxygen atoms in total. The molecular weight excluding hydrogens is 298 g/mol. The van der Waals surface area contributed by atoms with E-state index < -0.39 is 0 Å². The molecule has 1 aromatic rings. The Kier molecular flexibility index (Phi) is 4.35. The summed E-state index contributed by atoms with van der Waals surface area (Å²) in [6.45, 7) is 1.25. The fraction of sp³-hybridized carbons (Fsp3) is 0.364. The summed E-state index contributed by atoms with van der Waals surface area (Å²) in [4.78, 5) is 13.5. The third-order valence-electron chi connectivity index (χ3n) is 2.59. The van der Waals surface area contributed by atoms with E-state index in [1.54, 1.807) is 0 Å². The second kappa shape index (κ2) is 5.63. The molecule has 1 aromatic carbocycles. The summed E-state index contributed by atoms with van der Waals surface area (Å²) in [6, 6.07) is 2.99. The van der Waals surface area contributed by atoms with Crippen molar-refractivity contribution in [3.63, 3.8) is 0 Å². The van der Waals surface area contributed by atoms with Crippen molar-refractivity contribution in [3.8, 4) is 0 Å². The van der Waals surface area contributed by atoms with E-state index >= 15 is 0 Å². The number of anilines is 1. The lowest BCUT2D eigenvalue weighted by Gasteiger charge is -2.35. The first-order valence-corrected chi connectivity index (χ1v) is 6.44. The van der Waals surface area contributed by atoms with Crippen molar-refractivity contribution in [2.24, 2.45) is 0 Å². The second-order valence-corrected chi connectivity index (χ2v) is 5.36. The molecule has 0 atom stereocenters. The Bertz CT molecular complexity index is 476. The van der Waals surface area contributed by atoms with Gasteiger partial charge in [0.25, 0.3) is 0 Å². The first-order valence-electron chi connectivity index (χ1n) is 5.30. The molecule has 2 rings (SSSR count). The van der Waals surface area contributed by atoms with Crippen molar-refractivity contribution in [2.75, 3.05) is 25.0 Å². The minimum absolute atomic E-state index is 0.206. The molecule has 18 heavy (non-hydrogen) atoms. The number of hydrogen-bond donors (Lipinski definition) is 2. The quantitative estimate of drug-likeness (QED) is 0.842. The molecule has 0 saturated carbocycles. The summed E-state index contributed by atoms with van der Waals surface area (Å²) in [6.07, 6.45) is -0.327. The second-order valence-electron chi connectivity index (χ2n) is 4.14. The van der Waals surface area contributed by atoms with Gasteiger partial charge < -0.3 is 10.4 Å². The number of halogens is 3. The molecule has 0 bridgehead atoms. The van der Waals surface area contributed by atoms with Crippen LogP contribution in [0.25, 0.3) is 0 Å². The van der Waals surface area contributed by atoms with Crippen LogP contribution in [-0.4, -0.2) is 41.7 Å². The fourth-order valence-electron chi connectivity index (χ4n) is 1.68. The molecule has 1 heterocycles. The molecule has 1 aliphatic heterocycles. The summed E-state index contributed by atoms with van der Waals surface area (Å²) in [5.74, 6) is -0.206. The molecule has 1 amide bonds. The summed E-state index contributed by atoms with van der Waals surface area (Å²) in [5.41, 5.74) is 0.428. The van der Waals surface area contributed by atoms with Crippen molar-refractivity contribution in [3.05, 3.63) is 27.2 Å². The van der Waals surface area contributed by atoms with Gasteiger partial charge in [0.15, 0.2) is 0 Å². The number of nitrogens with one attached hydrogen (secondary N) is 1. The van der Waals surface area contributed by atoms with Crippen molar-refractivity contribution < 1.29 is 9.90 Å². The Labute approximate surface area is 119 Å². The number of nitrogens with zero attached hydrogens (tertiary/aromatic N) is 1. The average Bonchev–Trinajstić information content (AvgIpc) is 2.23. The molecule has 0 aliphatic carbocycles. The topological polar surface area (TPSA) is 52.6 Å². The lowest BCUT2D eigenvalue weighted by Crippen LogP contribution is -2.53. The number of likely N-dealkylation sites (tertiary alicyclic amines) is 1. The SMILES string of the molecule is O=C(CN1CC(O)C1)Nc1cc(Cl)c(Cl)cc1Cl. The summed E-state index contributed by atoms with van der Waals surface area (Å²) >= 11 is 17.6. The third kappa shape index (κ3) is 3.28. The monoisotopic (exact) mass is 308 g/mol. The van der Waals surface area contributed by atoms with Gasteiger partial charge >= 0.3 is 0 Å². The van der Waals surface area contributed by atoms with E-state index in [1.165, 1.54) is 12.1 Å². The summed E-state index contributed by atoms with van der Waals surface area (Å²) in [5, 5.41) is 12.8. The van der Waals surface area contributed by atoms with E-state index in [9.17, 15) is 4.79 Å². The molecule has 0 spiro atoms. The predicted octanol–water partition coefficient (Wildman–Crippen LogP) is 2.26. The number of carbonyl (C=O) groups is 1. The number of amides is 1. The zero-order valence-corrected chi connectivity index (χ0v) is 11.6. The molecule has 7 heteroatoms. The van der Waals surface area contributed by atoms with E-state index in [0.29, 0.717) is 33.8 Å². The van der Waals surface area contributed by atoms with E-state index in [-0.39, 0.29) is 18.6 Å². The van der Waals surface area contributed by atoms with Gasteiger partial charge in [0.05, 0.1) is 33.4 Å². The van der Waals surface area contributed by atoms with E-state index in [1.807, 2.05) is 4.90 Å². The minimum atomic E-state index is -0.327. The van der Waals surface area contributed by atoms with Crippen LogP contribution in [0.4, 0.5) is 5.69 Å². The van der Waals surface area contributed by atoms with Crippen molar-refractivity contribution in [1.82, 2.24) is 4.90 Å². The lowest BCUT2D eigenvalue weighted by atomic mass is 10.2. The number of aliphatic hydroxyl groups is 1. The highest BCUT2D eigenvalue weighted by molar-refractivity contribution is 6.44. The number of benzene rings is 1. The zero-order chi connectivity index (χ0) is 13.3. The van der Waals surface area contributed by atoms with Gasteiger partial charge in [-0.25, -0.2) is 0 Å². The van der Waals surface area contributed by atoms with Gasteiger partial charge in [-0.3, -0.25) is 9.69 Å². The van der Waals surface area contributed by atoms with Crippen LogP contribution in [0, 0.1) is 0 Å². The fourth-order valence-corrected chi connectivity index (χ4v) is 2.28. The Morgan fingerprint density at radius 2 is 1.89 bits per heavy atom. The van der Waals surface area contributed by atoms with Crippen LogP contribution in [0.2, 0.25) is 15.1 Å². The highest BCUT2D eigenvalue weighted by atomic mass is 35.5. The Morgan fingerprint density at radius 3 is 2.50 bits per heavy atom. The number of aliphatic hydroxyl groups excluding tert-OH is 1. The van der Waals surface area contributed by atoms with Gasteiger partial charge in [0.1, 0.15) is 0 Å². The van der Waals surface area contributed by atoms with E-state index in [4.69, 9.17) is 39.9 Å². The van der Waals surface area contributed by atoms with Crippen LogP contribution in [0.1, 0.15) is 0 Å². The molecule has 2 N–H and O–H groups in total. The first kappa shape index (κ1) is 13.9. The molecule has 0 unspecified atom stereocenters. The van der Waals surface area contributed by atoms with Crippen LogP contribution < -0.4 is 5.32 Å². The highest BCUT2D eigenvalue weighted by Crippen LogP contribution is 2.32. The lowest BCUT2D eigenvalue weighted by molar-refractivity contribution is -0.119. The van der Waals surface area contributed by atoms with Gasteiger partial charge in [0, 0.05) is 13.1 Å². The predicted molar refractivity (Wildman–Crippen MR) is 72.5 cm³/mol. The number of β-amino-alcohol motifs (C(OH)–C–C–N with tert-alkyl or cyclic N) is 1. The molecule has 1 fully saturated rings. The number of carbonyl (C=O) groups excluding carboxylic acids is 1. The average molecular weight is 310 g/mol. The maximum atomic E-state index is 11.7. The van der Waals surface area contributed by atoms with Crippen LogP contribution in [-0.2, 0) is 4.79 Å². The smallest absolute Gasteiger partial charge is 0.238 e. The van der Waals surface area contributed by atoms with Crippen LogP contribution in [0.3, 0.4) is 0 Å². The standard InChI is InChI=1S/C11H11Cl3N2O2/c12-7-1-9(14)10(2-8(7)13)15-11(18)5-16-3-6(17)4-16/h1-2,6,17H,3-5H2,(H,15,18). The van der Waals surface area contributed by atoms with Gasteiger partial charge in [-0.2, -0.15) is 0 Å². The molecule has 1 saturated heterocycles. The normalized spacial score (nSPS) is 16.4. The first-order chi connectivity index (χ1) is 8.45. The van der Waals surface area contributed by atoms with Gasteiger partial charge in [-0.05, 0) is 12.1 Å². The van der Waals surface area contributed by atoms with E-state index in [2.05, 4.69) is 5.32 Å². The largest absolute Gasteiger partial charge is 0.390 e. The Morgan fingerprint density at radius 1 is 1.28 bits per heavy atom. The van der Waals surface area contributed by atoms with Crippen LogP contribution in [0.15, 0.2) is 12.1 Å². The third-order valence-corrected chi connectivity index (χ3v) is 3.62. The van der Waals surface area contributed by atoms with Crippen molar-refractivity contribution >= 4 is 46.4 Å². The number of hydrogen-bond acceptors (Lipinski definition) is 3. The molecular formula is C11H11Cl3N2O2. The highest BCUT2D eigenvalue weighted by Gasteiger charge is 2.26. The Hall–Kier alpha value is -0.520. The minimum Gasteiger partial charge on any atom is -0.390 e. The maximum Gasteiger partial charge on any atom is 0.238 e. The van der Waals surface area contributed by atoms with Gasteiger partial charge in [-0.15, -0.1) is 0 Å². The molecule has 1 aliphatic rings. The van der Waals surface area contributed by atoms with Crippen LogP contribution >= 0.6 is 34.8 Å². The summed E-state index contributed by atoms with van der Waals surface area (Å²) in [7, 11) is 0. The Balaban J connectivity index is 1.96. The van der Waals surface area contributed by atoms with Gasteiger partial charge in [-0.1, -0.05) is 34.8 Å². The maximum absolute atomic E-state index is 11.7. The van der Waals surface area contributed by atoms with Crippen molar-refractivity contribution in [2.45, 2.75) is 6.10 Å². The summed E-state index contributed by atoms with van der Waals surface area (Å²) < 4.78 is 0. The molecule has 98 valence electrons. The van der Waals surface area contributed by atoms with E-state index in [0.717, 1.165) is 0 Å².